The Bertz CT molecular complexity index is 1470. The summed E-state index contributed by atoms with van der Waals surface area (Å²) < 4.78 is 8.73. The van der Waals surface area contributed by atoms with Crippen LogP contribution in [0.25, 0.3) is 11.0 Å². The molecule has 0 saturated heterocycles. The third-order valence-corrected chi connectivity index (χ3v) is 6.30. The van der Waals surface area contributed by atoms with Crippen molar-refractivity contribution in [2.75, 3.05) is 7.11 Å². The van der Waals surface area contributed by atoms with Gasteiger partial charge in [-0.05, 0) is 42.0 Å². The number of nitrogens with zero attached hydrogens (tertiary/aromatic N) is 4. The first-order valence-corrected chi connectivity index (χ1v) is 11.5. The molecular weight excluding hydrogens is 487 g/mol. The summed E-state index contributed by atoms with van der Waals surface area (Å²) in [6, 6.07) is 19.9. The fraction of sp³-hybridized carbons (Fsp3) is 0.160. The zero-order chi connectivity index (χ0) is 24.9. The van der Waals surface area contributed by atoms with Gasteiger partial charge in [-0.25, -0.2) is 0 Å². The molecule has 180 valence electrons. The monoisotopic (exact) mass is 510 g/mol. The Balaban J connectivity index is 1.64. The third-order valence-electron chi connectivity index (χ3n) is 5.56. The zero-order valence-electron chi connectivity index (χ0n) is 18.9. The van der Waals surface area contributed by atoms with Gasteiger partial charge in [0, 0.05) is 6.07 Å². The molecule has 10 heteroatoms. The Morgan fingerprint density at radius 2 is 1.80 bits per heavy atom. The topological polar surface area (TPSA) is 114 Å². The van der Waals surface area contributed by atoms with Crippen molar-refractivity contribution < 1.29 is 9.84 Å². The molecule has 0 aliphatic rings. The molecule has 3 aromatic carbocycles. The Morgan fingerprint density at radius 3 is 2.49 bits per heavy atom. The van der Waals surface area contributed by atoms with E-state index in [1.54, 1.807) is 46.7 Å². The number of aromatic nitrogens is 2. The van der Waals surface area contributed by atoms with Crippen LogP contribution < -0.4 is 16.2 Å². The summed E-state index contributed by atoms with van der Waals surface area (Å²) in [5, 5.41) is 24.4. The number of aliphatic hydroxyl groups excluding tert-OH is 1. The molecule has 0 spiro atoms. The molecule has 4 aromatic rings. The van der Waals surface area contributed by atoms with Crippen molar-refractivity contribution >= 4 is 51.8 Å². The molecule has 0 bridgehead atoms. The summed E-state index contributed by atoms with van der Waals surface area (Å²) in [4.78, 5) is 4.44. The highest BCUT2D eigenvalue weighted by Crippen LogP contribution is 2.27. The van der Waals surface area contributed by atoms with Crippen LogP contribution in [-0.2, 0) is 13.1 Å². The SMILES string of the molecule is COc1cccc(N=CC(Cn2c(=N)n(CC(O)c3ccc(Cl)c(Cl)c3)c3ccccc32)=NN)c1. The van der Waals surface area contributed by atoms with Crippen molar-refractivity contribution in [2.45, 2.75) is 19.2 Å². The van der Waals surface area contributed by atoms with Gasteiger partial charge in [-0.15, -0.1) is 0 Å². The van der Waals surface area contributed by atoms with E-state index in [9.17, 15) is 5.11 Å². The summed E-state index contributed by atoms with van der Waals surface area (Å²) >= 11 is 12.1. The molecule has 0 fully saturated rings. The molecular formula is C25H24Cl2N6O2. The van der Waals surface area contributed by atoms with Gasteiger partial charge < -0.3 is 24.8 Å². The number of para-hydroxylation sites is 2. The van der Waals surface area contributed by atoms with E-state index in [0.29, 0.717) is 32.8 Å². The van der Waals surface area contributed by atoms with Crippen LogP contribution in [0.2, 0.25) is 10.0 Å². The van der Waals surface area contributed by atoms with Crippen LogP contribution in [0.5, 0.6) is 5.75 Å². The van der Waals surface area contributed by atoms with Crippen molar-refractivity contribution in [3.63, 3.8) is 0 Å². The third kappa shape index (κ3) is 5.40. The largest absolute Gasteiger partial charge is 0.497 e. The summed E-state index contributed by atoms with van der Waals surface area (Å²) in [7, 11) is 1.59. The molecule has 4 rings (SSSR count). The number of rotatable bonds is 8. The van der Waals surface area contributed by atoms with Gasteiger partial charge in [-0.3, -0.25) is 10.4 Å². The molecule has 0 amide bonds. The fourth-order valence-corrected chi connectivity index (χ4v) is 4.06. The molecule has 0 saturated carbocycles. The molecule has 1 atom stereocenters. The van der Waals surface area contributed by atoms with E-state index in [-0.39, 0.29) is 18.7 Å². The second kappa shape index (κ2) is 10.8. The van der Waals surface area contributed by atoms with Crippen molar-refractivity contribution in [2.24, 2.45) is 15.9 Å². The van der Waals surface area contributed by atoms with Crippen molar-refractivity contribution in [1.29, 1.82) is 5.41 Å². The number of nitrogens with one attached hydrogen (secondary N) is 1. The number of nitrogens with two attached hydrogens (primary N) is 1. The summed E-state index contributed by atoms with van der Waals surface area (Å²) in [5.41, 5.74) is 3.54. The van der Waals surface area contributed by atoms with Crippen molar-refractivity contribution in [1.82, 2.24) is 9.13 Å². The Labute approximate surface area is 212 Å². The van der Waals surface area contributed by atoms with Crippen LogP contribution in [0, 0.1) is 5.41 Å². The number of aliphatic hydroxyl groups is 1. The van der Waals surface area contributed by atoms with E-state index in [1.165, 1.54) is 0 Å². The second-order valence-electron chi connectivity index (χ2n) is 7.78. The molecule has 1 unspecified atom stereocenters. The minimum Gasteiger partial charge on any atom is -0.497 e. The average molecular weight is 511 g/mol. The van der Waals surface area contributed by atoms with Crippen LogP contribution in [-0.4, -0.2) is 33.3 Å². The van der Waals surface area contributed by atoms with Gasteiger partial charge in [0.25, 0.3) is 0 Å². The number of methoxy groups -OCH3 is 1. The molecule has 1 heterocycles. The second-order valence-corrected chi connectivity index (χ2v) is 8.59. The van der Waals surface area contributed by atoms with Gasteiger partial charge in [0.05, 0.1) is 65.0 Å². The molecule has 0 aliphatic heterocycles. The van der Waals surface area contributed by atoms with E-state index in [4.69, 9.17) is 39.2 Å². The number of fused-ring (bicyclic) bond motifs is 1. The van der Waals surface area contributed by atoms with E-state index < -0.39 is 6.10 Å². The van der Waals surface area contributed by atoms with Gasteiger partial charge in [-0.1, -0.05) is 47.5 Å². The lowest BCUT2D eigenvalue weighted by molar-refractivity contribution is 0.156. The highest BCUT2D eigenvalue weighted by molar-refractivity contribution is 6.42. The Kier molecular flexibility index (Phi) is 7.55. The number of ether oxygens (including phenoxy) is 1. The van der Waals surface area contributed by atoms with Gasteiger partial charge in [0.1, 0.15) is 5.75 Å². The highest BCUT2D eigenvalue weighted by Gasteiger charge is 2.17. The maximum atomic E-state index is 10.9. The standard InChI is InChI=1S/C25H24Cl2N6O2/c1-35-19-6-4-5-17(12-19)30-13-18(31-29)14-32-22-7-2-3-8-23(22)33(25(32)28)15-24(34)16-9-10-20(26)21(27)11-16/h2-13,24,28,34H,14-15,29H2,1H3. The molecule has 8 nitrogen and oxygen atoms in total. The lowest BCUT2D eigenvalue weighted by atomic mass is 10.1. The highest BCUT2D eigenvalue weighted by atomic mass is 35.5. The van der Waals surface area contributed by atoms with E-state index >= 15 is 0 Å². The number of hydrogen-bond donors (Lipinski definition) is 3. The van der Waals surface area contributed by atoms with E-state index in [2.05, 4.69) is 10.1 Å². The number of halogens is 2. The van der Waals surface area contributed by atoms with E-state index in [0.717, 1.165) is 11.0 Å². The lowest BCUT2D eigenvalue weighted by Crippen LogP contribution is -2.29. The van der Waals surface area contributed by atoms with Crippen molar-refractivity contribution in [3.05, 3.63) is 88.0 Å². The van der Waals surface area contributed by atoms with Gasteiger partial charge in [0.2, 0.25) is 5.62 Å². The number of imidazole rings is 1. The Morgan fingerprint density at radius 1 is 1.06 bits per heavy atom. The van der Waals surface area contributed by atoms with Gasteiger partial charge >= 0.3 is 0 Å². The molecule has 35 heavy (non-hydrogen) atoms. The summed E-state index contributed by atoms with van der Waals surface area (Å²) in [5.74, 6) is 6.34. The van der Waals surface area contributed by atoms with Crippen molar-refractivity contribution in [3.8, 4) is 5.75 Å². The molecule has 4 N–H and O–H groups in total. The van der Waals surface area contributed by atoms with Crippen LogP contribution >= 0.6 is 23.2 Å². The zero-order valence-corrected chi connectivity index (χ0v) is 20.4. The summed E-state index contributed by atoms with van der Waals surface area (Å²) in [6.07, 6.45) is 0.674. The Hall–Kier alpha value is -3.59. The maximum absolute atomic E-state index is 10.9. The van der Waals surface area contributed by atoms with Crippen LogP contribution in [0.4, 0.5) is 5.69 Å². The predicted molar refractivity (Wildman–Crippen MR) is 140 cm³/mol. The normalized spacial score (nSPS) is 13.0. The minimum atomic E-state index is -0.893. The average Bonchev–Trinajstić information content (AvgIpc) is 3.13. The first-order chi connectivity index (χ1) is 16.9. The first kappa shape index (κ1) is 24.5. The predicted octanol–water partition coefficient (Wildman–Crippen LogP) is 4.69. The number of benzene rings is 3. The van der Waals surface area contributed by atoms with Gasteiger partial charge in [0.15, 0.2) is 0 Å². The quantitative estimate of drug-likeness (QED) is 0.181. The fourth-order valence-electron chi connectivity index (χ4n) is 3.75. The first-order valence-electron chi connectivity index (χ1n) is 10.7. The minimum absolute atomic E-state index is 0.150. The van der Waals surface area contributed by atoms with E-state index in [1.807, 2.05) is 42.5 Å². The smallest absolute Gasteiger partial charge is 0.203 e. The van der Waals surface area contributed by atoms with Gasteiger partial charge in [-0.2, -0.15) is 5.10 Å². The number of aliphatic imine (C=N–C) groups is 1. The van der Waals surface area contributed by atoms with Crippen LogP contribution in [0.3, 0.4) is 0 Å². The molecule has 0 radical (unpaired) electrons. The van der Waals surface area contributed by atoms with Crippen LogP contribution in [0.15, 0.2) is 76.8 Å². The summed E-state index contributed by atoms with van der Waals surface area (Å²) in [6.45, 7) is 0.372. The lowest BCUT2D eigenvalue weighted by Gasteiger charge is -2.13. The molecule has 1 aromatic heterocycles. The van der Waals surface area contributed by atoms with Crippen LogP contribution in [0.1, 0.15) is 11.7 Å². The number of hydrogen-bond acceptors (Lipinski definition) is 6. The molecule has 0 aliphatic carbocycles. The maximum Gasteiger partial charge on any atom is 0.203 e. The number of hydrazone groups is 1.